The van der Waals surface area contributed by atoms with E-state index in [0.29, 0.717) is 33.1 Å². The number of fused-ring (bicyclic) bond motifs is 1. The summed E-state index contributed by atoms with van der Waals surface area (Å²) in [7, 11) is 0. The van der Waals surface area contributed by atoms with Crippen molar-refractivity contribution in [3.63, 3.8) is 0 Å². The average molecular weight is 443 g/mol. The summed E-state index contributed by atoms with van der Waals surface area (Å²) in [6.45, 7) is 0.216. The molecule has 2 aromatic carbocycles. The minimum absolute atomic E-state index is 0.0635. The van der Waals surface area contributed by atoms with Gasteiger partial charge in [-0.15, -0.1) is 0 Å². The highest BCUT2D eigenvalue weighted by atomic mass is 79.9. The summed E-state index contributed by atoms with van der Waals surface area (Å²) in [5.41, 5.74) is 1.79. The second kappa shape index (κ2) is 7.10. The lowest BCUT2D eigenvalue weighted by Crippen LogP contribution is -2.27. The van der Waals surface area contributed by atoms with E-state index in [1.54, 1.807) is 42.5 Å². The highest BCUT2D eigenvalue weighted by Crippen LogP contribution is 2.40. The zero-order valence-corrected chi connectivity index (χ0v) is 16.2. The minimum Gasteiger partial charge on any atom is -0.454 e. The van der Waals surface area contributed by atoms with Crippen LogP contribution >= 0.6 is 27.7 Å². The van der Waals surface area contributed by atoms with Crippen molar-refractivity contribution in [2.24, 2.45) is 0 Å². The maximum atomic E-state index is 12.7. The van der Waals surface area contributed by atoms with Crippen LogP contribution in [-0.2, 0) is 11.3 Å². The number of nitriles is 1. The van der Waals surface area contributed by atoms with Crippen LogP contribution in [0.3, 0.4) is 0 Å². The molecule has 2 aliphatic heterocycles. The topological polar surface area (TPSA) is 79.6 Å². The largest absolute Gasteiger partial charge is 0.454 e. The van der Waals surface area contributed by atoms with Gasteiger partial charge >= 0.3 is 0 Å². The van der Waals surface area contributed by atoms with Gasteiger partial charge in [-0.2, -0.15) is 5.26 Å². The number of thioether (sulfide) groups is 1. The molecular weight excluding hydrogens is 432 g/mol. The van der Waals surface area contributed by atoms with E-state index in [-0.39, 0.29) is 24.5 Å². The fourth-order valence-corrected chi connectivity index (χ4v) is 4.02. The molecule has 8 heteroatoms. The molecule has 27 heavy (non-hydrogen) atoms. The third kappa shape index (κ3) is 3.31. The number of benzene rings is 2. The normalized spacial score (nSPS) is 16.9. The van der Waals surface area contributed by atoms with Crippen LogP contribution in [0.2, 0.25) is 0 Å². The van der Waals surface area contributed by atoms with Gasteiger partial charge in [-0.3, -0.25) is 14.5 Å². The van der Waals surface area contributed by atoms with Gasteiger partial charge in [0.2, 0.25) is 6.79 Å². The first kappa shape index (κ1) is 17.6. The number of carbonyl (C=O) groups excluding carboxylic acids is 2. The molecule has 2 aliphatic rings. The van der Waals surface area contributed by atoms with E-state index in [0.717, 1.165) is 21.1 Å². The van der Waals surface area contributed by atoms with E-state index in [9.17, 15) is 14.9 Å². The Morgan fingerprint density at radius 1 is 1.22 bits per heavy atom. The molecule has 0 N–H and O–H groups in total. The second-order valence-electron chi connectivity index (χ2n) is 5.76. The molecule has 6 nitrogen and oxygen atoms in total. The van der Waals surface area contributed by atoms with Gasteiger partial charge in [-0.05, 0) is 47.2 Å². The Balaban J connectivity index is 1.62. The molecule has 0 spiro atoms. The highest BCUT2D eigenvalue weighted by Gasteiger charge is 2.35. The lowest BCUT2D eigenvalue weighted by molar-refractivity contribution is -0.123. The smallest absolute Gasteiger partial charge is 0.293 e. The summed E-state index contributed by atoms with van der Waals surface area (Å²) in [6.07, 6.45) is 1.65. The molecule has 134 valence electrons. The van der Waals surface area contributed by atoms with Gasteiger partial charge in [0.05, 0.1) is 23.1 Å². The van der Waals surface area contributed by atoms with Crippen molar-refractivity contribution in [3.05, 3.63) is 62.5 Å². The maximum absolute atomic E-state index is 12.7. The number of hydrogen-bond donors (Lipinski definition) is 0. The van der Waals surface area contributed by atoms with Crippen molar-refractivity contribution >= 4 is 44.9 Å². The van der Waals surface area contributed by atoms with Crippen molar-refractivity contribution in [2.45, 2.75) is 6.54 Å². The molecule has 0 bridgehead atoms. The Morgan fingerprint density at radius 2 is 1.96 bits per heavy atom. The van der Waals surface area contributed by atoms with Crippen LogP contribution < -0.4 is 9.47 Å². The van der Waals surface area contributed by atoms with Gasteiger partial charge in [-0.25, -0.2) is 0 Å². The quantitative estimate of drug-likeness (QED) is 0.659. The zero-order valence-electron chi connectivity index (χ0n) is 13.8. The summed E-state index contributed by atoms with van der Waals surface area (Å²) in [4.78, 5) is 26.5. The van der Waals surface area contributed by atoms with E-state index in [4.69, 9.17) is 9.47 Å². The fraction of sp³-hybridized carbons (Fsp3) is 0.105. The van der Waals surface area contributed by atoms with Gasteiger partial charge in [0.15, 0.2) is 11.5 Å². The predicted octanol–water partition coefficient (Wildman–Crippen LogP) is 4.29. The molecule has 0 aliphatic carbocycles. The molecule has 1 saturated heterocycles. The van der Waals surface area contributed by atoms with Gasteiger partial charge in [0.25, 0.3) is 11.1 Å². The van der Waals surface area contributed by atoms with E-state index in [1.165, 1.54) is 0 Å². The van der Waals surface area contributed by atoms with Crippen molar-refractivity contribution in [3.8, 4) is 17.6 Å². The molecule has 1 fully saturated rings. The molecule has 2 aromatic rings. The van der Waals surface area contributed by atoms with Crippen molar-refractivity contribution in [1.82, 2.24) is 4.90 Å². The third-order valence-electron chi connectivity index (χ3n) is 4.12. The lowest BCUT2D eigenvalue weighted by Gasteiger charge is -2.13. The Bertz CT molecular complexity index is 1040. The number of nitrogens with zero attached hydrogens (tertiary/aromatic N) is 2. The Hall–Kier alpha value is -2.76. The average Bonchev–Trinajstić information content (AvgIpc) is 3.21. The highest BCUT2D eigenvalue weighted by molar-refractivity contribution is 9.10. The molecule has 0 atom stereocenters. The van der Waals surface area contributed by atoms with E-state index >= 15 is 0 Å². The number of rotatable bonds is 3. The molecule has 2 amide bonds. The molecule has 0 saturated carbocycles. The van der Waals surface area contributed by atoms with Crippen LogP contribution in [0.5, 0.6) is 11.5 Å². The van der Waals surface area contributed by atoms with E-state index in [1.807, 2.05) is 0 Å². The predicted molar refractivity (Wildman–Crippen MR) is 103 cm³/mol. The number of carbonyl (C=O) groups is 2. The maximum Gasteiger partial charge on any atom is 0.293 e. The molecule has 0 unspecified atom stereocenters. The van der Waals surface area contributed by atoms with Gasteiger partial charge in [-0.1, -0.05) is 34.1 Å². The van der Waals surface area contributed by atoms with Crippen LogP contribution in [0.4, 0.5) is 4.79 Å². The molecule has 0 radical (unpaired) electrons. The minimum atomic E-state index is -0.387. The van der Waals surface area contributed by atoms with Gasteiger partial charge in [0.1, 0.15) is 0 Å². The summed E-state index contributed by atoms with van der Waals surface area (Å²) in [5.74, 6) is 0.828. The zero-order chi connectivity index (χ0) is 19.0. The summed E-state index contributed by atoms with van der Waals surface area (Å²) in [6, 6.07) is 12.5. The summed E-state index contributed by atoms with van der Waals surface area (Å²) in [5, 5.41) is 8.83. The number of ether oxygens (including phenoxy) is 2. The number of amides is 2. The molecule has 0 aromatic heterocycles. The lowest BCUT2D eigenvalue weighted by atomic mass is 10.1. The first-order valence-electron chi connectivity index (χ1n) is 7.89. The van der Waals surface area contributed by atoms with Crippen LogP contribution in [0.15, 0.2) is 45.8 Å². The Morgan fingerprint density at radius 3 is 2.74 bits per heavy atom. The Kier molecular flexibility index (Phi) is 4.64. The molecular formula is C19H11BrN2O4S. The van der Waals surface area contributed by atoms with Crippen LogP contribution in [-0.4, -0.2) is 22.8 Å². The number of halogens is 1. The SMILES string of the molecule is N#Cc1ccccc1CN1C(=O)S/C(=C\c2cc3c(cc2Br)OCO3)C1=O. The van der Waals surface area contributed by atoms with Crippen molar-refractivity contribution in [2.75, 3.05) is 6.79 Å². The van der Waals surface area contributed by atoms with E-state index in [2.05, 4.69) is 22.0 Å². The standard InChI is InChI=1S/C19H11BrN2O4S/c20-14-7-16-15(25-10-26-16)5-13(14)6-17-18(23)22(19(24)27-17)9-12-4-2-1-3-11(12)8-21/h1-7H,9-10H2/b17-6-. The van der Waals surface area contributed by atoms with Crippen molar-refractivity contribution < 1.29 is 19.1 Å². The summed E-state index contributed by atoms with van der Waals surface area (Å²) < 4.78 is 11.4. The fourth-order valence-electron chi connectivity index (χ4n) is 2.76. The second-order valence-corrected chi connectivity index (χ2v) is 7.61. The first-order chi connectivity index (χ1) is 13.1. The molecule has 4 rings (SSSR count). The number of hydrogen-bond acceptors (Lipinski definition) is 6. The first-order valence-corrected chi connectivity index (χ1v) is 9.50. The monoisotopic (exact) mass is 442 g/mol. The third-order valence-corrected chi connectivity index (χ3v) is 5.71. The van der Waals surface area contributed by atoms with Crippen LogP contribution in [0, 0.1) is 11.3 Å². The van der Waals surface area contributed by atoms with E-state index < -0.39 is 0 Å². The number of imide groups is 1. The molecule has 2 heterocycles. The van der Waals surface area contributed by atoms with Crippen LogP contribution in [0.25, 0.3) is 6.08 Å². The van der Waals surface area contributed by atoms with Gasteiger partial charge < -0.3 is 9.47 Å². The summed E-state index contributed by atoms with van der Waals surface area (Å²) >= 11 is 4.32. The van der Waals surface area contributed by atoms with Crippen LogP contribution in [0.1, 0.15) is 16.7 Å². The van der Waals surface area contributed by atoms with Crippen molar-refractivity contribution in [1.29, 1.82) is 5.26 Å². The Labute approximate surface area is 167 Å². The van der Waals surface area contributed by atoms with Gasteiger partial charge in [0, 0.05) is 4.47 Å².